The van der Waals surface area contributed by atoms with Gasteiger partial charge >= 0.3 is 0 Å². The number of halogens is 1. The predicted octanol–water partition coefficient (Wildman–Crippen LogP) is 3.46. The van der Waals surface area contributed by atoms with Crippen LogP contribution in [0.3, 0.4) is 0 Å². The summed E-state index contributed by atoms with van der Waals surface area (Å²) in [6.07, 6.45) is 0. The van der Waals surface area contributed by atoms with Crippen LogP contribution in [0.5, 0.6) is 5.75 Å². The van der Waals surface area contributed by atoms with E-state index in [2.05, 4.69) is 0 Å². The first-order valence-electron chi connectivity index (χ1n) is 6.39. The molecule has 0 spiro atoms. The molecule has 5 heteroatoms. The van der Waals surface area contributed by atoms with Gasteiger partial charge in [-0.2, -0.15) is 0 Å². The maximum Gasteiger partial charge on any atom is 0.266 e. The highest BCUT2D eigenvalue weighted by molar-refractivity contribution is 6.40. The molecule has 3 rings (SSSR count). The lowest BCUT2D eigenvalue weighted by Gasteiger charge is -2.15. The molecule has 1 heterocycles. The lowest BCUT2D eigenvalue weighted by atomic mass is 9.99. The van der Waals surface area contributed by atoms with Gasteiger partial charge in [0.1, 0.15) is 5.75 Å². The van der Waals surface area contributed by atoms with E-state index < -0.39 is 0 Å². The van der Waals surface area contributed by atoms with Gasteiger partial charge in [0.25, 0.3) is 11.8 Å². The zero-order chi connectivity index (χ0) is 15.3. The van der Waals surface area contributed by atoms with Crippen LogP contribution in [0.15, 0.2) is 30.3 Å². The van der Waals surface area contributed by atoms with Gasteiger partial charge in [0.05, 0.1) is 21.8 Å². The van der Waals surface area contributed by atoms with Gasteiger partial charge in [0.2, 0.25) is 0 Å². The van der Waals surface area contributed by atoms with Crippen molar-refractivity contribution >= 4 is 29.1 Å². The number of hydrogen-bond donors (Lipinski definition) is 1. The van der Waals surface area contributed by atoms with Crippen molar-refractivity contribution in [1.82, 2.24) is 0 Å². The number of imide groups is 1. The lowest BCUT2D eigenvalue weighted by molar-refractivity contribution is 0.0926. The largest absolute Gasteiger partial charge is 0.508 e. The van der Waals surface area contributed by atoms with Crippen LogP contribution < -0.4 is 4.90 Å². The van der Waals surface area contributed by atoms with Gasteiger partial charge in [-0.25, -0.2) is 4.90 Å². The van der Waals surface area contributed by atoms with E-state index in [1.54, 1.807) is 13.8 Å². The summed E-state index contributed by atoms with van der Waals surface area (Å²) in [5.41, 5.74) is 2.63. The van der Waals surface area contributed by atoms with Crippen LogP contribution in [0, 0.1) is 13.8 Å². The van der Waals surface area contributed by atoms with Crippen molar-refractivity contribution in [3.8, 4) is 5.75 Å². The molecule has 0 radical (unpaired) electrons. The number of nitrogens with zero attached hydrogens (tertiary/aromatic N) is 1. The van der Waals surface area contributed by atoms with E-state index in [0.717, 1.165) is 16.0 Å². The molecule has 106 valence electrons. The minimum Gasteiger partial charge on any atom is -0.508 e. The van der Waals surface area contributed by atoms with Gasteiger partial charge in [0.15, 0.2) is 0 Å². The summed E-state index contributed by atoms with van der Waals surface area (Å²) in [7, 11) is 0. The number of phenols is 1. The Balaban J connectivity index is 2.21. The van der Waals surface area contributed by atoms with Crippen molar-refractivity contribution in [3.05, 3.63) is 57.6 Å². The average Bonchev–Trinajstić information content (AvgIpc) is 2.68. The monoisotopic (exact) mass is 301 g/mol. The number of benzene rings is 2. The Hall–Kier alpha value is -2.33. The summed E-state index contributed by atoms with van der Waals surface area (Å²) < 4.78 is 0. The van der Waals surface area contributed by atoms with Crippen molar-refractivity contribution in [1.29, 1.82) is 0 Å². The van der Waals surface area contributed by atoms with Crippen LogP contribution in [0.25, 0.3) is 0 Å². The highest BCUT2D eigenvalue weighted by Crippen LogP contribution is 2.36. The highest BCUT2D eigenvalue weighted by atomic mass is 35.5. The van der Waals surface area contributed by atoms with E-state index in [1.165, 1.54) is 18.2 Å². The maximum absolute atomic E-state index is 12.6. The summed E-state index contributed by atoms with van der Waals surface area (Å²) in [6.45, 7) is 3.59. The summed E-state index contributed by atoms with van der Waals surface area (Å²) in [4.78, 5) is 26.3. The first-order chi connectivity index (χ1) is 9.91. The molecule has 0 unspecified atom stereocenters. The van der Waals surface area contributed by atoms with Crippen molar-refractivity contribution in [2.24, 2.45) is 0 Å². The van der Waals surface area contributed by atoms with E-state index in [0.29, 0.717) is 11.1 Å². The van der Waals surface area contributed by atoms with E-state index >= 15 is 0 Å². The molecule has 0 fully saturated rings. The number of anilines is 1. The van der Waals surface area contributed by atoms with Crippen LogP contribution in [-0.2, 0) is 0 Å². The third-order valence-corrected chi connectivity index (χ3v) is 3.93. The van der Waals surface area contributed by atoms with Crippen LogP contribution in [0.1, 0.15) is 31.8 Å². The number of hydrogen-bond acceptors (Lipinski definition) is 3. The topological polar surface area (TPSA) is 57.6 Å². The van der Waals surface area contributed by atoms with E-state index in [9.17, 15) is 14.7 Å². The fraction of sp³-hybridized carbons (Fsp3) is 0.125. The van der Waals surface area contributed by atoms with Gasteiger partial charge in [-0.15, -0.1) is 0 Å². The molecule has 2 amide bonds. The maximum atomic E-state index is 12.6. The smallest absolute Gasteiger partial charge is 0.266 e. The average molecular weight is 302 g/mol. The van der Waals surface area contributed by atoms with Gasteiger partial charge in [-0.3, -0.25) is 9.59 Å². The zero-order valence-electron chi connectivity index (χ0n) is 11.5. The van der Waals surface area contributed by atoms with Gasteiger partial charge in [-0.05, 0) is 37.1 Å². The fourth-order valence-corrected chi connectivity index (χ4v) is 2.83. The molecule has 1 aliphatic rings. The van der Waals surface area contributed by atoms with E-state index in [1.807, 2.05) is 12.1 Å². The Labute approximate surface area is 126 Å². The Morgan fingerprint density at radius 1 is 0.952 bits per heavy atom. The fourth-order valence-electron chi connectivity index (χ4n) is 2.57. The number of rotatable bonds is 1. The van der Waals surface area contributed by atoms with Crippen LogP contribution in [0.2, 0.25) is 5.02 Å². The molecule has 0 aromatic heterocycles. The van der Waals surface area contributed by atoms with Gasteiger partial charge in [0, 0.05) is 6.07 Å². The minimum atomic E-state index is -0.385. The quantitative estimate of drug-likeness (QED) is 0.821. The van der Waals surface area contributed by atoms with Crippen molar-refractivity contribution in [3.63, 3.8) is 0 Å². The Morgan fingerprint density at radius 2 is 1.48 bits per heavy atom. The lowest BCUT2D eigenvalue weighted by Crippen LogP contribution is -2.29. The number of aromatic hydroxyl groups is 1. The minimum absolute atomic E-state index is 0.0206. The third-order valence-electron chi connectivity index (χ3n) is 3.63. The molecule has 21 heavy (non-hydrogen) atoms. The van der Waals surface area contributed by atoms with Crippen molar-refractivity contribution in [2.45, 2.75) is 13.8 Å². The second kappa shape index (κ2) is 4.60. The number of phenolic OH excluding ortho intramolecular Hbond substituents is 1. The Kier molecular flexibility index (Phi) is 2.99. The van der Waals surface area contributed by atoms with Crippen molar-refractivity contribution < 1.29 is 14.7 Å². The third kappa shape index (κ3) is 1.91. The first kappa shape index (κ1) is 13.6. The molecule has 2 aromatic carbocycles. The molecular weight excluding hydrogens is 290 g/mol. The van der Waals surface area contributed by atoms with Crippen molar-refractivity contribution in [2.75, 3.05) is 4.90 Å². The molecule has 0 aliphatic carbocycles. The summed E-state index contributed by atoms with van der Waals surface area (Å²) in [6, 6.07) is 7.80. The first-order valence-corrected chi connectivity index (χ1v) is 6.77. The molecule has 0 saturated heterocycles. The molecule has 1 aliphatic heterocycles. The number of fused-ring (bicyclic) bond motifs is 1. The Morgan fingerprint density at radius 3 is 1.95 bits per heavy atom. The van der Waals surface area contributed by atoms with Crippen LogP contribution in [0.4, 0.5) is 5.69 Å². The van der Waals surface area contributed by atoms with Crippen LogP contribution in [-0.4, -0.2) is 16.9 Å². The molecule has 1 N–H and O–H groups in total. The number of aryl methyl sites for hydroxylation is 2. The van der Waals surface area contributed by atoms with E-state index in [-0.39, 0.29) is 28.3 Å². The normalized spacial score (nSPS) is 13.8. The van der Waals surface area contributed by atoms with E-state index in [4.69, 9.17) is 11.6 Å². The zero-order valence-corrected chi connectivity index (χ0v) is 12.2. The summed E-state index contributed by atoms with van der Waals surface area (Å²) in [5, 5.41) is 9.55. The summed E-state index contributed by atoms with van der Waals surface area (Å²) in [5.74, 6) is -0.791. The SMILES string of the molecule is Cc1ccc(C)c2c1C(=O)N(c1ccc(O)cc1Cl)C2=O. The summed E-state index contributed by atoms with van der Waals surface area (Å²) >= 11 is 6.06. The number of carbonyl (C=O) groups excluding carboxylic acids is 2. The van der Waals surface area contributed by atoms with Gasteiger partial charge < -0.3 is 5.11 Å². The second-order valence-electron chi connectivity index (χ2n) is 5.03. The number of carbonyl (C=O) groups is 2. The highest BCUT2D eigenvalue weighted by Gasteiger charge is 2.39. The Bertz CT molecular complexity index is 757. The molecular formula is C16H12ClNO3. The number of amides is 2. The molecule has 2 aromatic rings. The molecule has 0 saturated carbocycles. The second-order valence-corrected chi connectivity index (χ2v) is 5.44. The predicted molar refractivity (Wildman–Crippen MR) is 80.2 cm³/mol. The van der Waals surface area contributed by atoms with Gasteiger partial charge in [-0.1, -0.05) is 23.7 Å². The van der Waals surface area contributed by atoms with Crippen LogP contribution >= 0.6 is 11.6 Å². The molecule has 0 bridgehead atoms. The molecule has 0 atom stereocenters. The molecule has 4 nitrogen and oxygen atoms in total. The standard InChI is InChI=1S/C16H12ClNO3/c1-8-3-4-9(2)14-13(8)15(20)18(16(14)21)12-6-5-10(19)7-11(12)17/h3-7,19H,1-2H3.